The van der Waals surface area contributed by atoms with Crippen LogP contribution in [0.5, 0.6) is 0 Å². The van der Waals surface area contributed by atoms with Crippen molar-refractivity contribution in [3.8, 4) is 11.3 Å². The Bertz CT molecular complexity index is 633. The lowest BCUT2D eigenvalue weighted by molar-refractivity contribution is 0.0951. The number of rotatable bonds is 5. The van der Waals surface area contributed by atoms with E-state index in [0.717, 1.165) is 30.5 Å². The van der Waals surface area contributed by atoms with Gasteiger partial charge in [0.2, 0.25) is 0 Å². The highest BCUT2D eigenvalue weighted by Gasteiger charge is 2.23. The van der Waals surface area contributed by atoms with E-state index < -0.39 is 0 Å². The van der Waals surface area contributed by atoms with Crippen molar-refractivity contribution in [1.82, 2.24) is 10.3 Å². The summed E-state index contributed by atoms with van der Waals surface area (Å²) < 4.78 is 0. The maximum Gasteiger partial charge on any atom is 0.251 e. The maximum atomic E-state index is 12.1. The third-order valence-electron chi connectivity index (χ3n) is 3.62. The van der Waals surface area contributed by atoms with Crippen LogP contribution in [-0.4, -0.2) is 23.5 Å². The molecule has 1 aliphatic rings. The van der Waals surface area contributed by atoms with Crippen LogP contribution >= 0.6 is 0 Å². The van der Waals surface area contributed by atoms with E-state index in [1.807, 2.05) is 18.2 Å². The Hall–Kier alpha value is -2.20. The van der Waals surface area contributed by atoms with E-state index in [-0.39, 0.29) is 5.91 Å². The molecule has 3 rings (SSSR count). The molecular formula is C17H19N3O. The van der Waals surface area contributed by atoms with Gasteiger partial charge < -0.3 is 11.1 Å². The highest BCUT2D eigenvalue weighted by atomic mass is 16.1. The summed E-state index contributed by atoms with van der Waals surface area (Å²) in [5, 5.41) is 2.99. The van der Waals surface area contributed by atoms with Crippen molar-refractivity contribution in [2.45, 2.75) is 25.3 Å². The second kappa shape index (κ2) is 6.06. The average Bonchev–Trinajstić information content (AvgIpc) is 3.32. The summed E-state index contributed by atoms with van der Waals surface area (Å²) in [6.45, 7) is 0.647. The fraction of sp³-hybridized carbons (Fsp3) is 0.294. The van der Waals surface area contributed by atoms with Crippen molar-refractivity contribution in [2.75, 3.05) is 6.54 Å². The average molecular weight is 281 g/mol. The Labute approximate surface area is 124 Å². The van der Waals surface area contributed by atoms with Crippen LogP contribution in [0.2, 0.25) is 0 Å². The van der Waals surface area contributed by atoms with Gasteiger partial charge in [-0.05, 0) is 43.5 Å². The van der Waals surface area contributed by atoms with E-state index in [4.69, 9.17) is 5.73 Å². The summed E-state index contributed by atoms with van der Waals surface area (Å²) >= 11 is 0. The molecule has 0 spiro atoms. The van der Waals surface area contributed by atoms with Crippen molar-refractivity contribution in [1.29, 1.82) is 0 Å². The molecule has 3 N–H and O–H groups in total. The van der Waals surface area contributed by atoms with Crippen LogP contribution in [-0.2, 0) is 6.42 Å². The molecule has 2 aromatic rings. The maximum absolute atomic E-state index is 12.1. The standard InChI is InChI=1S/C17H19N3O/c18-9-7-12-1-3-13(4-2-12)16-11-14(8-10-19-16)17(21)20-15-5-6-15/h1-4,8,10-11,15H,5-7,9,18H2,(H,20,21). The van der Waals surface area contributed by atoms with Gasteiger partial charge in [0.15, 0.2) is 0 Å². The smallest absolute Gasteiger partial charge is 0.251 e. The second-order valence-electron chi connectivity index (χ2n) is 5.41. The Morgan fingerprint density at radius 2 is 2.00 bits per heavy atom. The number of carbonyl (C=O) groups is 1. The summed E-state index contributed by atoms with van der Waals surface area (Å²) in [4.78, 5) is 16.4. The van der Waals surface area contributed by atoms with Crippen molar-refractivity contribution < 1.29 is 4.79 Å². The largest absolute Gasteiger partial charge is 0.349 e. The minimum absolute atomic E-state index is 0.0131. The fourth-order valence-corrected chi connectivity index (χ4v) is 2.23. The number of nitrogens with one attached hydrogen (secondary N) is 1. The van der Waals surface area contributed by atoms with Gasteiger partial charge >= 0.3 is 0 Å². The first-order valence-electron chi connectivity index (χ1n) is 7.32. The number of aromatic nitrogens is 1. The van der Waals surface area contributed by atoms with E-state index >= 15 is 0 Å². The predicted molar refractivity (Wildman–Crippen MR) is 82.9 cm³/mol. The van der Waals surface area contributed by atoms with Crippen LogP contribution in [0.4, 0.5) is 0 Å². The van der Waals surface area contributed by atoms with Crippen molar-refractivity contribution in [3.63, 3.8) is 0 Å². The van der Waals surface area contributed by atoms with Crippen molar-refractivity contribution in [2.24, 2.45) is 5.73 Å². The highest BCUT2D eigenvalue weighted by Crippen LogP contribution is 2.21. The summed E-state index contributed by atoms with van der Waals surface area (Å²) in [5.41, 5.74) is 9.26. The highest BCUT2D eigenvalue weighted by molar-refractivity contribution is 5.95. The molecule has 4 nitrogen and oxygen atoms in total. The quantitative estimate of drug-likeness (QED) is 0.882. The zero-order chi connectivity index (χ0) is 14.7. The molecule has 0 radical (unpaired) electrons. The molecule has 0 unspecified atom stereocenters. The van der Waals surface area contributed by atoms with Crippen LogP contribution < -0.4 is 11.1 Å². The number of nitrogens with zero attached hydrogens (tertiary/aromatic N) is 1. The molecule has 1 aliphatic carbocycles. The molecule has 1 amide bonds. The van der Waals surface area contributed by atoms with Gasteiger partial charge in [-0.25, -0.2) is 0 Å². The number of hydrogen-bond acceptors (Lipinski definition) is 3. The van der Waals surface area contributed by atoms with Crippen LogP contribution in [0, 0.1) is 0 Å². The number of nitrogens with two attached hydrogens (primary N) is 1. The normalized spacial score (nSPS) is 14.0. The molecule has 1 saturated carbocycles. The van der Waals surface area contributed by atoms with E-state index in [1.165, 1.54) is 5.56 Å². The van der Waals surface area contributed by atoms with E-state index in [2.05, 4.69) is 22.4 Å². The zero-order valence-electron chi connectivity index (χ0n) is 11.9. The van der Waals surface area contributed by atoms with Gasteiger partial charge in [0.25, 0.3) is 5.91 Å². The lowest BCUT2D eigenvalue weighted by atomic mass is 10.1. The second-order valence-corrected chi connectivity index (χ2v) is 5.41. The molecule has 1 heterocycles. The fourth-order valence-electron chi connectivity index (χ4n) is 2.23. The van der Waals surface area contributed by atoms with Gasteiger partial charge in [0.05, 0.1) is 5.69 Å². The first-order chi connectivity index (χ1) is 10.3. The van der Waals surface area contributed by atoms with E-state index in [0.29, 0.717) is 18.2 Å². The summed E-state index contributed by atoms with van der Waals surface area (Å²) in [6.07, 6.45) is 4.74. The molecule has 1 aromatic heterocycles. The molecular weight excluding hydrogens is 262 g/mol. The molecule has 0 saturated heterocycles. The van der Waals surface area contributed by atoms with Crippen molar-refractivity contribution in [3.05, 3.63) is 53.7 Å². The van der Waals surface area contributed by atoms with Gasteiger partial charge in [0.1, 0.15) is 0 Å². The third kappa shape index (κ3) is 3.47. The topological polar surface area (TPSA) is 68.0 Å². The first-order valence-corrected chi connectivity index (χ1v) is 7.32. The Kier molecular flexibility index (Phi) is 3.97. The first kappa shape index (κ1) is 13.8. The third-order valence-corrected chi connectivity index (χ3v) is 3.62. The molecule has 1 fully saturated rings. The van der Waals surface area contributed by atoms with Gasteiger partial charge in [-0.15, -0.1) is 0 Å². The van der Waals surface area contributed by atoms with Crippen LogP contribution in [0.1, 0.15) is 28.8 Å². The predicted octanol–water partition coefficient (Wildman–Crippen LogP) is 2.14. The number of benzene rings is 1. The van der Waals surface area contributed by atoms with Crippen LogP contribution in [0.25, 0.3) is 11.3 Å². The Morgan fingerprint density at radius 3 is 2.67 bits per heavy atom. The monoisotopic (exact) mass is 281 g/mol. The van der Waals surface area contributed by atoms with Gasteiger partial charge in [-0.2, -0.15) is 0 Å². The van der Waals surface area contributed by atoms with E-state index in [9.17, 15) is 4.79 Å². The summed E-state index contributed by atoms with van der Waals surface area (Å²) in [6, 6.07) is 12.1. The number of carbonyl (C=O) groups excluding carboxylic acids is 1. The molecule has 21 heavy (non-hydrogen) atoms. The Balaban J connectivity index is 1.79. The minimum atomic E-state index is -0.0131. The molecule has 1 aromatic carbocycles. The summed E-state index contributed by atoms with van der Waals surface area (Å²) in [5.74, 6) is -0.0131. The molecule has 4 heteroatoms. The van der Waals surface area contributed by atoms with Crippen molar-refractivity contribution >= 4 is 5.91 Å². The van der Waals surface area contributed by atoms with Crippen LogP contribution in [0.15, 0.2) is 42.6 Å². The SMILES string of the molecule is NCCc1ccc(-c2cc(C(=O)NC3CC3)ccn2)cc1. The minimum Gasteiger partial charge on any atom is -0.349 e. The molecule has 0 atom stereocenters. The molecule has 0 bridgehead atoms. The van der Waals surface area contributed by atoms with Crippen LogP contribution in [0.3, 0.4) is 0 Å². The van der Waals surface area contributed by atoms with Gasteiger partial charge in [-0.3, -0.25) is 9.78 Å². The molecule has 0 aliphatic heterocycles. The zero-order valence-corrected chi connectivity index (χ0v) is 11.9. The number of pyridine rings is 1. The lowest BCUT2D eigenvalue weighted by Gasteiger charge is -2.06. The lowest BCUT2D eigenvalue weighted by Crippen LogP contribution is -2.25. The van der Waals surface area contributed by atoms with Gasteiger partial charge in [0, 0.05) is 23.4 Å². The van der Waals surface area contributed by atoms with E-state index in [1.54, 1.807) is 12.3 Å². The van der Waals surface area contributed by atoms with Gasteiger partial charge in [-0.1, -0.05) is 24.3 Å². The number of hydrogen-bond donors (Lipinski definition) is 2. The summed E-state index contributed by atoms with van der Waals surface area (Å²) in [7, 11) is 0. The molecule has 108 valence electrons. The Morgan fingerprint density at radius 1 is 1.24 bits per heavy atom. The number of amides is 1.